The molecular formula is C6H12O2. The molecule has 0 aliphatic carbocycles. The SMILES string of the molecule is CC1CCOOC1C. The molecule has 0 spiro atoms. The zero-order chi connectivity index (χ0) is 5.98. The quantitative estimate of drug-likeness (QED) is 0.445. The molecule has 0 N–H and O–H groups in total. The molecule has 0 aromatic heterocycles. The van der Waals surface area contributed by atoms with Gasteiger partial charge in [-0.2, -0.15) is 0 Å². The molecule has 0 bridgehead atoms. The largest absolute Gasteiger partial charge is 0.236 e. The van der Waals surface area contributed by atoms with Crippen molar-refractivity contribution < 1.29 is 9.78 Å². The molecule has 1 heterocycles. The Morgan fingerprint density at radius 1 is 1.38 bits per heavy atom. The van der Waals surface area contributed by atoms with Crippen molar-refractivity contribution in [2.45, 2.75) is 26.4 Å². The fourth-order valence-electron chi connectivity index (χ4n) is 0.719. The maximum Gasteiger partial charge on any atom is 0.0928 e. The minimum absolute atomic E-state index is 0.281. The van der Waals surface area contributed by atoms with E-state index in [0.717, 1.165) is 13.0 Å². The maximum atomic E-state index is 4.89. The highest BCUT2D eigenvalue weighted by molar-refractivity contribution is 4.61. The first-order chi connectivity index (χ1) is 3.80. The highest BCUT2D eigenvalue weighted by atomic mass is 17.2. The van der Waals surface area contributed by atoms with E-state index in [9.17, 15) is 0 Å². The summed E-state index contributed by atoms with van der Waals surface area (Å²) < 4.78 is 0. The van der Waals surface area contributed by atoms with Crippen molar-refractivity contribution in [1.82, 2.24) is 0 Å². The van der Waals surface area contributed by atoms with Crippen molar-refractivity contribution in [2.24, 2.45) is 5.92 Å². The summed E-state index contributed by atoms with van der Waals surface area (Å²) in [5.41, 5.74) is 0. The van der Waals surface area contributed by atoms with Crippen LogP contribution in [-0.2, 0) is 9.78 Å². The van der Waals surface area contributed by atoms with Gasteiger partial charge in [-0.3, -0.25) is 0 Å². The highest BCUT2D eigenvalue weighted by Gasteiger charge is 2.17. The maximum absolute atomic E-state index is 4.89. The molecule has 2 unspecified atom stereocenters. The molecule has 1 saturated heterocycles. The summed E-state index contributed by atoms with van der Waals surface area (Å²) in [5, 5.41) is 0. The second kappa shape index (κ2) is 2.46. The van der Waals surface area contributed by atoms with Crippen LogP contribution in [0.4, 0.5) is 0 Å². The van der Waals surface area contributed by atoms with Crippen LogP contribution in [0, 0.1) is 5.92 Å². The fourth-order valence-corrected chi connectivity index (χ4v) is 0.719. The van der Waals surface area contributed by atoms with Gasteiger partial charge in [-0.05, 0) is 19.3 Å². The Morgan fingerprint density at radius 2 is 2.12 bits per heavy atom. The van der Waals surface area contributed by atoms with E-state index in [-0.39, 0.29) is 6.10 Å². The summed E-state index contributed by atoms with van der Waals surface area (Å²) in [6.07, 6.45) is 1.41. The third-order valence-electron chi connectivity index (χ3n) is 1.68. The van der Waals surface area contributed by atoms with Crippen LogP contribution >= 0.6 is 0 Å². The van der Waals surface area contributed by atoms with E-state index in [4.69, 9.17) is 9.78 Å². The van der Waals surface area contributed by atoms with E-state index in [1.165, 1.54) is 0 Å². The van der Waals surface area contributed by atoms with Crippen molar-refractivity contribution in [3.8, 4) is 0 Å². The van der Waals surface area contributed by atoms with Gasteiger partial charge in [0.25, 0.3) is 0 Å². The molecule has 2 nitrogen and oxygen atoms in total. The minimum Gasteiger partial charge on any atom is -0.236 e. The van der Waals surface area contributed by atoms with Gasteiger partial charge in [0, 0.05) is 0 Å². The van der Waals surface area contributed by atoms with E-state index in [2.05, 4.69) is 6.92 Å². The molecule has 0 amide bonds. The predicted molar refractivity (Wildman–Crippen MR) is 30.3 cm³/mol. The normalized spacial score (nSPS) is 39.8. The van der Waals surface area contributed by atoms with Gasteiger partial charge in [-0.1, -0.05) is 6.92 Å². The van der Waals surface area contributed by atoms with Crippen LogP contribution in [0.25, 0.3) is 0 Å². The smallest absolute Gasteiger partial charge is 0.0928 e. The molecule has 1 aliphatic heterocycles. The first kappa shape index (κ1) is 6.05. The van der Waals surface area contributed by atoms with Crippen molar-refractivity contribution in [1.29, 1.82) is 0 Å². The summed E-state index contributed by atoms with van der Waals surface area (Å²) >= 11 is 0. The van der Waals surface area contributed by atoms with Crippen molar-refractivity contribution >= 4 is 0 Å². The van der Waals surface area contributed by atoms with Gasteiger partial charge in [0.15, 0.2) is 0 Å². The van der Waals surface area contributed by atoms with Crippen LogP contribution in [0.5, 0.6) is 0 Å². The monoisotopic (exact) mass is 116 g/mol. The Morgan fingerprint density at radius 3 is 2.50 bits per heavy atom. The Balaban J connectivity index is 2.28. The molecule has 2 atom stereocenters. The molecule has 0 radical (unpaired) electrons. The van der Waals surface area contributed by atoms with E-state index in [1.807, 2.05) is 6.92 Å². The van der Waals surface area contributed by atoms with E-state index in [1.54, 1.807) is 0 Å². The van der Waals surface area contributed by atoms with Gasteiger partial charge >= 0.3 is 0 Å². The lowest BCUT2D eigenvalue weighted by atomic mass is 10.0. The lowest BCUT2D eigenvalue weighted by Gasteiger charge is -2.23. The highest BCUT2D eigenvalue weighted by Crippen LogP contribution is 2.16. The molecular weight excluding hydrogens is 104 g/mol. The summed E-state index contributed by atoms with van der Waals surface area (Å²) in [6, 6.07) is 0. The van der Waals surface area contributed by atoms with Crippen LogP contribution in [0.3, 0.4) is 0 Å². The lowest BCUT2D eigenvalue weighted by molar-refractivity contribution is -0.352. The molecule has 48 valence electrons. The zero-order valence-corrected chi connectivity index (χ0v) is 5.39. The number of hydrogen-bond donors (Lipinski definition) is 0. The van der Waals surface area contributed by atoms with Crippen molar-refractivity contribution in [3.05, 3.63) is 0 Å². The molecule has 1 rings (SSSR count). The zero-order valence-electron chi connectivity index (χ0n) is 5.39. The summed E-state index contributed by atoms with van der Waals surface area (Å²) in [6.45, 7) is 4.96. The van der Waals surface area contributed by atoms with Gasteiger partial charge in [0.05, 0.1) is 12.7 Å². The summed E-state index contributed by atoms with van der Waals surface area (Å²) in [7, 11) is 0. The van der Waals surface area contributed by atoms with Gasteiger partial charge in [0.1, 0.15) is 0 Å². The van der Waals surface area contributed by atoms with Crippen LogP contribution in [-0.4, -0.2) is 12.7 Å². The Kier molecular flexibility index (Phi) is 1.86. The summed E-state index contributed by atoms with van der Waals surface area (Å²) in [4.78, 5) is 9.64. The van der Waals surface area contributed by atoms with Gasteiger partial charge in [0.2, 0.25) is 0 Å². The fraction of sp³-hybridized carbons (Fsp3) is 1.00. The third-order valence-corrected chi connectivity index (χ3v) is 1.68. The van der Waals surface area contributed by atoms with Crippen LogP contribution in [0.2, 0.25) is 0 Å². The van der Waals surface area contributed by atoms with E-state index >= 15 is 0 Å². The second-order valence-electron chi connectivity index (χ2n) is 2.39. The van der Waals surface area contributed by atoms with Crippen LogP contribution in [0.15, 0.2) is 0 Å². The average molecular weight is 116 g/mol. The standard InChI is InChI=1S/C6H12O2/c1-5-3-4-7-8-6(5)2/h5-6H,3-4H2,1-2H3. The van der Waals surface area contributed by atoms with Gasteiger partial charge in [-0.15, -0.1) is 0 Å². The molecule has 0 aromatic carbocycles. The Hall–Kier alpha value is -0.0800. The topological polar surface area (TPSA) is 18.5 Å². The first-order valence-corrected chi connectivity index (χ1v) is 3.09. The molecule has 1 fully saturated rings. The molecule has 0 saturated carbocycles. The van der Waals surface area contributed by atoms with Gasteiger partial charge < -0.3 is 0 Å². The predicted octanol–water partition coefficient (Wildman–Crippen LogP) is 1.36. The molecule has 0 aromatic rings. The van der Waals surface area contributed by atoms with Gasteiger partial charge in [-0.25, -0.2) is 9.78 Å². The minimum atomic E-state index is 0.281. The third kappa shape index (κ3) is 1.20. The first-order valence-electron chi connectivity index (χ1n) is 3.09. The average Bonchev–Trinajstić information content (AvgIpc) is 1.77. The van der Waals surface area contributed by atoms with Crippen LogP contribution in [0.1, 0.15) is 20.3 Å². The summed E-state index contributed by atoms with van der Waals surface area (Å²) in [5.74, 6) is 0.656. The lowest BCUT2D eigenvalue weighted by Crippen LogP contribution is -2.25. The molecule has 2 heteroatoms. The molecule has 8 heavy (non-hydrogen) atoms. The van der Waals surface area contributed by atoms with Crippen LogP contribution < -0.4 is 0 Å². The van der Waals surface area contributed by atoms with E-state index in [0.29, 0.717) is 5.92 Å². The van der Waals surface area contributed by atoms with Crippen molar-refractivity contribution in [2.75, 3.05) is 6.61 Å². The number of rotatable bonds is 0. The Labute approximate surface area is 49.7 Å². The Bertz CT molecular complexity index is 62.9. The van der Waals surface area contributed by atoms with Crippen molar-refractivity contribution in [3.63, 3.8) is 0 Å². The second-order valence-corrected chi connectivity index (χ2v) is 2.39. The molecule has 1 aliphatic rings. The number of hydrogen-bond acceptors (Lipinski definition) is 2. The van der Waals surface area contributed by atoms with E-state index < -0.39 is 0 Å².